The zero-order valence-electron chi connectivity index (χ0n) is 16.6. The molecule has 0 aliphatic heterocycles. The lowest BCUT2D eigenvalue weighted by atomic mass is 10.2. The number of nitrogens with one attached hydrogen (secondary N) is 1. The Hall–Kier alpha value is -3.58. The summed E-state index contributed by atoms with van der Waals surface area (Å²) in [6.45, 7) is 2.12. The van der Waals surface area contributed by atoms with Crippen molar-refractivity contribution in [3.8, 4) is 17.1 Å². The van der Waals surface area contributed by atoms with Gasteiger partial charge in [-0.3, -0.25) is 4.98 Å². The molecule has 148 valence electrons. The largest absolute Gasteiger partial charge is 0.494 e. The number of pyridine rings is 1. The number of para-hydroxylation sites is 1. The van der Waals surface area contributed by atoms with Crippen LogP contribution in [0.1, 0.15) is 11.9 Å². The van der Waals surface area contributed by atoms with E-state index in [0.717, 1.165) is 49.6 Å². The van der Waals surface area contributed by atoms with Crippen molar-refractivity contribution in [1.82, 2.24) is 19.9 Å². The number of fused-ring (bicyclic) bond motifs is 2. The van der Waals surface area contributed by atoms with Crippen molar-refractivity contribution < 1.29 is 4.74 Å². The predicted molar refractivity (Wildman–Crippen MR) is 122 cm³/mol. The summed E-state index contributed by atoms with van der Waals surface area (Å²) in [4.78, 5) is 18.3. The van der Waals surface area contributed by atoms with E-state index < -0.39 is 0 Å². The van der Waals surface area contributed by atoms with Crippen molar-refractivity contribution in [3.63, 3.8) is 0 Å². The Bertz CT molecular complexity index is 1350. The number of anilines is 2. The maximum absolute atomic E-state index is 5.56. The normalized spacial score (nSPS) is 11.1. The van der Waals surface area contributed by atoms with Crippen molar-refractivity contribution in [3.05, 3.63) is 65.9 Å². The Morgan fingerprint density at radius 2 is 1.87 bits per heavy atom. The summed E-state index contributed by atoms with van der Waals surface area (Å²) in [5, 5.41) is 5.52. The van der Waals surface area contributed by atoms with Gasteiger partial charge < -0.3 is 10.1 Å². The third-order valence-electron chi connectivity index (χ3n) is 4.85. The van der Waals surface area contributed by atoms with Crippen LogP contribution in [0, 0.1) is 0 Å². The van der Waals surface area contributed by atoms with Crippen LogP contribution in [0.5, 0.6) is 5.75 Å². The van der Waals surface area contributed by atoms with Gasteiger partial charge in [0, 0.05) is 29.0 Å². The van der Waals surface area contributed by atoms with E-state index in [1.807, 2.05) is 42.5 Å². The highest BCUT2D eigenvalue weighted by atomic mass is 32.1. The van der Waals surface area contributed by atoms with Crippen molar-refractivity contribution in [2.24, 2.45) is 0 Å². The highest BCUT2D eigenvalue weighted by Crippen LogP contribution is 2.33. The third kappa shape index (κ3) is 3.33. The van der Waals surface area contributed by atoms with Gasteiger partial charge in [-0.2, -0.15) is 0 Å². The van der Waals surface area contributed by atoms with E-state index in [4.69, 9.17) is 14.7 Å². The fraction of sp³-hybridized carbons (Fsp3) is 0.130. The number of aryl methyl sites for hydroxylation is 1. The Labute approximate surface area is 177 Å². The van der Waals surface area contributed by atoms with Crippen molar-refractivity contribution >= 4 is 44.0 Å². The lowest BCUT2D eigenvalue weighted by molar-refractivity contribution is 0.419. The molecule has 0 bridgehead atoms. The van der Waals surface area contributed by atoms with Crippen molar-refractivity contribution in [1.29, 1.82) is 0 Å². The predicted octanol–water partition coefficient (Wildman–Crippen LogP) is 5.62. The van der Waals surface area contributed by atoms with Gasteiger partial charge in [0.1, 0.15) is 17.1 Å². The topological polar surface area (TPSA) is 72.8 Å². The molecule has 3 aromatic heterocycles. The molecule has 30 heavy (non-hydrogen) atoms. The zero-order chi connectivity index (χ0) is 20.5. The smallest absolute Gasteiger partial charge is 0.162 e. The summed E-state index contributed by atoms with van der Waals surface area (Å²) < 4.78 is 6.71. The molecule has 2 aromatic carbocycles. The van der Waals surface area contributed by atoms with E-state index in [1.54, 1.807) is 30.8 Å². The average molecular weight is 414 g/mol. The Morgan fingerprint density at radius 1 is 1.00 bits per heavy atom. The number of hydrogen-bond acceptors (Lipinski definition) is 7. The van der Waals surface area contributed by atoms with Gasteiger partial charge in [-0.05, 0) is 48.9 Å². The van der Waals surface area contributed by atoms with Crippen LogP contribution in [0.4, 0.5) is 11.5 Å². The number of rotatable bonds is 5. The van der Waals surface area contributed by atoms with Gasteiger partial charge in [-0.25, -0.2) is 15.0 Å². The molecule has 6 nitrogen and oxygen atoms in total. The van der Waals surface area contributed by atoms with Gasteiger partial charge in [0.15, 0.2) is 5.82 Å². The summed E-state index contributed by atoms with van der Waals surface area (Å²) in [6, 6.07) is 15.8. The van der Waals surface area contributed by atoms with Gasteiger partial charge in [0.05, 0.1) is 22.3 Å². The van der Waals surface area contributed by atoms with Crippen LogP contribution in [0.25, 0.3) is 32.5 Å². The standard InChI is InChI=1S/C23H19N5OS/c1-3-20-26-17-8-7-15(13-19(17)30-20)25-23-16-5-4-6-18(29-2)21(16)27-22(28-23)14-9-11-24-12-10-14/h4-13H,3H2,1-2H3,(H,25,27,28). The van der Waals surface area contributed by atoms with Crippen LogP contribution >= 0.6 is 11.3 Å². The summed E-state index contributed by atoms with van der Waals surface area (Å²) in [6.07, 6.45) is 4.41. The second-order valence-corrected chi connectivity index (χ2v) is 7.87. The van der Waals surface area contributed by atoms with Gasteiger partial charge in [0.25, 0.3) is 0 Å². The number of benzene rings is 2. The highest BCUT2D eigenvalue weighted by molar-refractivity contribution is 7.18. The maximum atomic E-state index is 5.56. The first-order chi connectivity index (χ1) is 14.7. The first kappa shape index (κ1) is 18.4. The first-order valence-corrected chi connectivity index (χ1v) is 10.5. The van der Waals surface area contributed by atoms with Crippen LogP contribution in [-0.4, -0.2) is 27.0 Å². The van der Waals surface area contributed by atoms with Crippen LogP contribution in [-0.2, 0) is 6.42 Å². The minimum absolute atomic E-state index is 0.615. The molecule has 0 aliphatic carbocycles. The molecule has 0 radical (unpaired) electrons. The minimum Gasteiger partial charge on any atom is -0.494 e. The monoisotopic (exact) mass is 413 g/mol. The molecule has 5 aromatic rings. The van der Waals surface area contributed by atoms with E-state index in [9.17, 15) is 0 Å². The molecule has 0 amide bonds. The highest BCUT2D eigenvalue weighted by Gasteiger charge is 2.14. The fourth-order valence-electron chi connectivity index (χ4n) is 3.35. The van der Waals surface area contributed by atoms with Crippen LogP contribution in [0.15, 0.2) is 60.9 Å². The second kappa shape index (κ2) is 7.68. The number of nitrogens with zero attached hydrogens (tertiary/aromatic N) is 4. The molecule has 3 heterocycles. The third-order valence-corrected chi connectivity index (χ3v) is 6.01. The molecule has 0 atom stereocenters. The van der Waals surface area contributed by atoms with E-state index in [1.165, 1.54) is 0 Å². The molecule has 0 saturated carbocycles. The number of thiazole rings is 1. The Morgan fingerprint density at radius 3 is 2.67 bits per heavy atom. The molecule has 7 heteroatoms. The van der Waals surface area contributed by atoms with E-state index in [2.05, 4.69) is 28.3 Å². The zero-order valence-corrected chi connectivity index (χ0v) is 17.4. The van der Waals surface area contributed by atoms with Gasteiger partial charge >= 0.3 is 0 Å². The summed E-state index contributed by atoms with van der Waals surface area (Å²) >= 11 is 1.72. The minimum atomic E-state index is 0.615. The van der Waals surface area contributed by atoms with Crippen LogP contribution < -0.4 is 10.1 Å². The van der Waals surface area contributed by atoms with E-state index in [-0.39, 0.29) is 0 Å². The second-order valence-electron chi connectivity index (χ2n) is 6.76. The Kier molecular flexibility index (Phi) is 4.72. The number of ether oxygens (including phenoxy) is 1. The van der Waals surface area contributed by atoms with Crippen LogP contribution in [0.3, 0.4) is 0 Å². The lowest BCUT2D eigenvalue weighted by Crippen LogP contribution is -2.00. The molecule has 5 rings (SSSR count). The van der Waals surface area contributed by atoms with Gasteiger partial charge in [0.2, 0.25) is 0 Å². The number of hydrogen-bond donors (Lipinski definition) is 1. The quantitative estimate of drug-likeness (QED) is 0.403. The van der Waals surface area contributed by atoms with Crippen molar-refractivity contribution in [2.45, 2.75) is 13.3 Å². The molecule has 0 aliphatic rings. The lowest BCUT2D eigenvalue weighted by Gasteiger charge is -2.13. The molecule has 0 saturated heterocycles. The maximum Gasteiger partial charge on any atom is 0.162 e. The SMILES string of the molecule is CCc1nc2ccc(Nc3nc(-c4ccncc4)nc4c(OC)cccc34)cc2s1. The molecular weight excluding hydrogens is 394 g/mol. The molecule has 0 spiro atoms. The van der Waals surface area contributed by atoms with Crippen LogP contribution in [0.2, 0.25) is 0 Å². The number of methoxy groups -OCH3 is 1. The van der Waals surface area contributed by atoms with Gasteiger partial charge in [-0.1, -0.05) is 13.0 Å². The fourth-order valence-corrected chi connectivity index (χ4v) is 4.30. The molecular formula is C23H19N5OS. The van der Waals surface area contributed by atoms with Gasteiger partial charge in [-0.15, -0.1) is 11.3 Å². The Balaban J connectivity index is 1.65. The van der Waals surface area contributed by atoms with Crippen molar-refractivity contribution in [2.75, 3.05) is 12.4 Å². The first-order valence-electron chi connectivity index (χ1n) is 9.67. The summed E-state index contributed by atoms with van der Waals surface area (Å²) in [7, 11) is 1.65. The molecule has 0 unspecified atom stereocenters. The van der Waals surface area contributed by atoms with E-state index in [0.29, 0.717) is 11.6 Å². The van der Waals surface area contributed by atoms with E-state index >= 15 is 0 Å². The summed E-state index contributed by atoms with van der Waals surface area (Å²) in [5.41, 5.74) is 3.63. The number of aromatic nitrogens is 4. The molecule has 1 N–H and O–H groups in total. The average Bonchev–Trinajstić information content (AvgIpc) is 3.22. The molecule has 0 fully saturated rings. The summed E-state index contributed by atoms with van der Waals surface area (Å²) in [5.74, 6) is 2.05.